The number of rotatable bonds is 2. The molecule has 0 radical (unpaired) electrons. The predicted molar refractivity (Wildman–Crippen MR) is 83.7 cm³/mol. The first-order valence-corrected chi connectivity index (χ1v) is 7.83. The van der Waals surface area contributed by atoms with Crippen LogP contribution in [0, 0.1) is 11.8 Å². The molecule has 120 valence electrons. The first-order chi connectivity index (χ1) is 10.6. The van der Waals surface area contributed by atoms with E-state index in [0.717, 1.165) is 6.54 Å². The van der Waals surface area contributed by atoms with Gasteiger partial charge >= 0.3 is 0 Å². The Morgan fingerprint density at radius 2 is 2.09 bits per heavy atom. The van der Waals surface area contributed by atoms with Gasteiger partial charge in [0.1, 0.15) is 17.2 Å². The minimum Gasteiger partial charge on any atom is -0.382 e. The van der Waals surface area contributed by atoms with Crippen LogP contribution in [0.25, 0.3) is 0 Å². The van der Waals surface area contributed by atoms with Gasteiger partial charge in [0.2, 0.25) is 5.91 Å². The molecule has 0 spiro atoms. The van der Waals surface area contributed by atoms with Gasteiger partial charge in [0.05, 0.1) is 19.1 Å². The molecule has 0 bridgehead atoms. The van der Waals surface area contributed by atoms with Crippen LogP contribution in [0.15, 0.2) is 6.33 Å². The van der Waals surface area contributed by atoms with Gasteiger partial charge in [-0.3, -0.25) is 4.79 Å². The predicted octanol–water partition coefficient (Wildman–Crippen LogP) is 0.643. The number of anilines is 2. The molecule has 0 unspecified atom stereocenters. The largest absolute Gasteiger partial charge is 0.382 e. The Labute approximate surface area is 134 Å². The summed E-state index contributed by atoms with van der Waals surface area (Å²) < 4.78 is 5.31. The number of ether oxygens (including phenoxy) is 1. The Morgan fingerprint density at radius 3 is 2.82 bits per heavy atom. The molecule has 3 heterocycles. The number of halogens is 1. The second kappa shape index (κ2) is 6.26. The fourth-order valence-electron chi connectivity index (χ4n) is 3.07. The van der Waals surface area contributed by atoms with Gasteiger partial charge in [-0.15, -0.1) is 0 Å². The molecule has 1 aromatic heterocycles. The molecular formula is C14H20ClN5O2. The number of amides is 1. The van der Waals surface area contributed by atoms with Crippen molar-refractivity contribution in [3.05, 3.63) is 11.3 Å². The molecule has 2 aliphatic heterocycles. The van der Waals surface area contributed by atoms with Crippen molar-refractivity contribution in [3.8, 4) is 0 Å². The Morgan fingerprint density at radius 1 is 1.36 bits per heavy atom. The molecule has 0 saturated carbocycles. The molecule has 2 N–H and O–H groups in total. The van der Waals surface area contributed by atoms with Gasteiger partial charge in [0.25, 0.3) is 0 Å². The van der Waals surface area contributed by atoms with E-state index in [0.29, 0.717) is 43.7 Å². The number of carbonyl (C=O) groups is 1. The third-order valence-electron chi connectivity index (χ3n) is 4.35. The van der Waals surface area contributed by atoms with Gasteiger partial charge in [-0.05, 0) is 5.92 Å². The minimum atomic E-state index is -0.0506. The maximum absolute atomic E-state index is 12.7. The second-order valence-electron chi connectivity index (χ2n) is 5.82. The van der Waals surface area contributed by atoms with Crippen LogP contribution in [0.1, 0.15) is 6.92 Å². The standard InChI is InChI=1S/C14H20ClN5O2/c1-9-6-20(13-11(15)12(16)17-8-18-13)7-10(9)14(21)19-2-4-22-5-3-19/h8-10H,2-7H2,1H3,(H2,16,17,18)/t9-,10-/m1/s1. The SMILES string of the molecule is C[C@@H]1CN(c2ncnc(N)c2Cl)C[C@H]1C(=O)N1CCOCC1. The number of nitrogens with two attached hydrogens (primary N) is 1. The molecule has 2 aliphatic rings. The Balaban J connectivity index is 1.74. The topological polar surface area (TPSA) is 84.6 Å². The average molecular weight is 326 g/mol. The lowest BCUT2D eigenvalue weighted by Gasteiger charge is -2.30. The van der Waals surface area contributed by atoms with Gasteiger partial charge in [-0.2, -0.15) is 0 Å². The summed E-state index contributed by atoms with van der Waals surface area (Å²) in [5.74, 6) is 1.25. The van der Waals surface area contributed by atoms with E-state index in [1.165, 1.54) is 6.33 Å². The molecule has 2 fully saturated rings. The van der Waals surface area contributed by atoms with Gasteiger partial charge < -0.3 is 20.3 Å². The molecule has 22 heavy (non-hydrogen) atoms. The number of carbonyl (C=O) groups excluding carboxylic acids is 1. The molecule has 1 amide bonds. The molecule has 1 aromatic rings. The average Bonchev–Trinajstić information content (AvgIpc) is 2.92. The van der Waals surface area contributed by atoms with Gasteiger partial charge in [-0.25, -0.2) is 9.97 Å². The molecule has 2 saturated heterocycles. The van der Waals surface area contributed by atoms with Crippen LogP contribution in [0.4, 0.5) is 11.6 Å². The minimum absolute atomic E-state index is 0.0506. The van der Waals surface area contributed by atoms with E-state index in [9.17, 15) is 4.79 Å². The fraction of sp³-hybridized carbons (Fsp3) is 0.643. The number of morpholine rings is 1. The van der Waals surface area contributed by atoms with Gasteiger partial charge in [0, 0.05) is 26.2 Å². The van der Waals surface area contributed by atoms with Crippen LogP contribution < -0.4 is 10.6 Å². The quantitative estimate of drug-likeness (QED) is 0.859. The third-order valence-corrected chi connectivity index (χ3v) is 4.71. The Kier molecular flexibility index (Phi) is 4.35. The Hall–Kier alpha value is -1.60. The van der Waals surface area contributed by atoms with Crippen molar-refractivity contribution >= 4 is 29.1 Å². The smallest absolute Gasteiger partial charge is 0.227 e. The summed E-state index contributed by atoms with van der Waals surface area (Å²) in [4.78, 5) is 24.7. The lowest BCUT2D eigenvalue weighted by atomic mass is 9.96. The zero-order valence-electron chi connectivity index (χ0n) is 12.5. The van der Waals surface area contributed by atoms with Crippen molar-refractivity contribution in [3.63, 3.8) is 0 Å². The van der Waals surface area contributed by atoms with E-state index in [1.807, 2.05) is 9.80 Å². The highest BCUT2D eigenvalue weighted by Crippen LogP contribution is 2.33. The zero-order valence-corrected chi connectivity index (χ0v) is 13.3. The highest BCUT2D eigenvalue weighted by Gasteiger charge is 2.38. The van der Waals surface area contributed by atoms with Crippen LogP contribution in [-0.4, -0.2) is 60.2 Å². The van der Waals surface area contributed by atoms with Crippen molar-refractivity contribution in [1.82, 2.24) is 14.9 Å². The first kappa shape index (κ1) is 15.3. The van der Waals surface area contributed by atoms with Crippen LogP contribution in [0.5, 0.6) is 0 Å². The van der Waals surface area contributed by atoms with Crippen LogP contribution in [0.2, 0.25) is 5.02 Å². The molecule has 3 rings (SSSR count). The van der Waals surface area contributed by atoms with Crippen LogP contribution in [-0.2, 0) is 9.53 Å². The molecule has 2 atom stereocenters. The normalized spacial score (nSPS) is 25.5. The maximum Gasteiger partial charge on any atom is 0.227 e. The summed E-state index contributed by atoms with van der Waals surface area (Å²) in [6.07, 6.45) is 1.40. The van der Waals surface area contributed by atoms with E-state index in [-0.39, 0.29) is 23.6 Å². The van der Waals surface area contributed by atoms with Gasteiger partial charge in [-0.1, -0.05) is 18.5 Å². The molecular weight excluding hydrogens is 306 g/mol. The van der Waals surface area contributed by atoms with Crippen molar-refractivity contribution in [1.29, 1.82) is 0 Å². The zero-order chi connectivity index (χ0) is 15.7. The maximum atomic E-state index is 12.7. The summed E-state index contributed by atoms with van der Waals surface area (Å²) in [6, 6.07) is 0. The summed E-state index contributed by atoms with van der Waals surface area (Å²) in [5.41, 5.74) is 5.74. The van der Waals surface area contributed by atoms with Crippen molar-refractivity contribution in [2.75, 3.05) is 50.0 Å². The van der Waals surface area contributed by atoms with E-state index >= 15 is 0 Å². The van der Waals surface area contributed by atoms with Crippen LogP contribution in [0.3, 0.4) is 0 Å². The van der Waals surface area contributed by atoms with Crippen molar-refractivity contribution < 1.29 is 9.53 Å². The summed E-state index contributed by atoms with van der Waals surface area (Å²) in [6.45, 7) is 5.99. The third kappa shape index (κ3) is 2.83. The molecule has 7 nitrogen and oxygen atoms in total. The lowest BCUT2D eigenvalue weighted by Crippen LogP contribution is -2.45. The van der Waals surface area contributed by atoms with Crippen molar-refractivity contribution in [2.24, 2.45) is 11.8 Å². The highest BCUT2D eigenvalue weighted by molar-refractivity contribution is 6.35. The van der Waals surface area contributed by atoms with E-state index in [4.69, 9.17) is 22.1 Å². The first-order valence-electron chi connectivity index (χ1n) is 7.45. The summed E-state index contributed by atoms with van der Waals surface area (Å²) in [7, 11) is 0. The summed E-state index contributed by atoms with van der Waals surface area (Å²) >= 11 is 6.19. The lowest BCUT2D eigenvalue weighted by molar-refractivity contribution is -0.140. The molecule has 0 aliphatic carbocycles. The highest BCUT2D eigenvalue weighted by atomic mass is 35.5. The Bertz CT molecular complexity index is 564. The molecule has 8 heteroatoms. The monoisotopic (exact) mass is 325 g/mol. The number of nitrogens with zero attached hydrogens (tertiary/aromatic N) is 4. The van der Waals surface area contributed by atoms with Crippen molar-refractivity contribution in [2.45, 2.75) is 6.92 Å². The second-order valence-corrected chi connectivity index (χ2v) is 6.20. The van der Waals surface area contributed by atoms with E-state index in [2.05, 4.69) is 16.9 Å². The fourth-order valence-corrected chi connectivity index (χ4v) is 3.29. The number of hydrogen-bond donors (Lipinski definition) is 1. The van der Waals surface area contributed by atoms with E-state index in [1.54, 1.807) is 0 Å². The number of hydrogen-bond acceptors (Lipinski definition) is 6. The summed E-state index contributed by atoms with van der Waals surface area (Å²) in [5, 5.41) is 0.356. The number of aromatic nitrogens is 2. The molecule has 0 aromatic carbocycles. The van der Waals surface area contributed by atoms with E-state index < -0.39 is 0 Å². The van der Waals surface area contributed by atoms with Gasteiger partial charge in [0.15, 0.2) is 5.82 Å². The number of nitrogen functional groups attached to an aromatic ring is 1. The van der Waals surface area contributed by atoms with Crippen LogP contribution >= 0.6 is 11.6 Å².